The third kappa shape index (κ3) is 3.48. The first-order chi connectivity index (χ1) is 7.87. The zero-order valence-electron chi connectivity index (χ0n) is 11.0. The molecule has 0 aliphatic carbocycles. The highest BCUT2D eigenvalue weighted by molar-refractivity contribution is 5.82. The van der Waals surface area contributed by atoms with Gasteiger partial charge in [-0.3, -0.25) is 0 Å². The standard InChI is InChI=1S/C14H21NO2/c1-5-6-14(4,13(16)17)15-12-8-10(2)7-11(3)9-12/h7-9,15H,5-6H2,1-4H3,(H,16,17). The highest BCUT2D eigenvalue weighted by atomic mass is 16.4. The summed E-state index contributed by atoms with van der Waals surface area (Å²) in [4.78, 5) is 11.3. The minimum Gasteiger partial charge on any atom is -0.480 e. The minimum absolute atomic E-state index is 0.606. The van der Waals surface area contributed by atoms with Crippen LogP contribution in [0.3, 0.4) is 0 Å². The van der Waals surface area contributed by atoms with Gasteiger partial charge in [-0.2, -0.15) is 0 Å². The highest BCUT2D eigenvalue weighted by Crippen LogP contribution is 2.22. The molecule has 0 fully saturated rings. The molecule has 2 N–H and O–H groups in total. The first-order valence-corrected chi connectivity index (χ1v) is 5.97. The summed E-state index contributed by atoms with van der Waals surface area (Å²) < 4.78 is 0. The van der Waals surface area contributed by atoms with Crippen molar-refractivity contribution >= 4 is 11.7 Å². The number of hydrogen-bond acceptors (Lipinski definition) is 2. The Labute approximate surface area is 103 Å². The molecular formula is C14H21NO2. The average Bonchev–Trinajstić information content (AvgIpc) is 2.15. The molecule has 1 aromatic carbocycles. The lowest BCUT2D eigenvalue weighted by Crippen LogP contribution is -2.43. The molecule has 0 aliphatic rings. The van der Waals surface area contributed by atoms with Crippen LogP contribution in [-0.2, 0) is 4.79 Å². The van der Waals surface area contributed by atoms with Crippen LogP contribution in [0.2, 0.25) is 0 Å². The molecule has 0 heterocycles. The molecule has 1 rings (SSSR count). The molecule has 1 aromatic rings. The van der Waals surface area contributed by atoms with Crippen LogP contribution in [0.4, 0.5) is 5.69 Å². The Bertz CT molecular complexity index is 394. The summed E-state index contributed by atoms with van der Waals surface area (Å²) in [5.74, 6) is -0.807. The SMILES string of the molecule is CCCC(C)(Nc1cc(C)cc(C)c1)C(=O)O. The lowest BCUT2D eigenvalue weighted by Gasteiger charge is -2.27. The number of aliphatic carboxylic acids is 1. The van der Waals surface area contributed by atoms with Crippen LogP contribution in [-0.4, -0.2) is 16.6 Å². The van der Waals surface area contributed by atoms with Gasteiger partial charge >= 0.3 is 5.97 Å². The molecule has 0 bridgehead atoms. The highest BCUT2D eigenvalue weighted by Gasteiger charge is 2.31. The van der Waals surface area contributed by atoms with E-state index >= 15 is 0 Å². The van der Waals surface area contributed by atoms with E-state index in [1.165, 1.54) is 0 Å². The van der Waals surface area contributed by atoms with Crippen LogP contribution in [0.5, 0.6) is 0 Å². The fourth-order valence-electron chi connectivity index (χ4n) is 2.09. The van der Waals surface area contributed by atoms with Gasteiger partial charge < -0.3 is 10.4 Å². The Morgan fingerprint density at radius 1 is 1.29 bits per heavy atom. The summed E-state index contributed by atoms with van der Waals surface area (Å²) in [7, 11) is 0. The summed E-state index contributed by atoms with van der Waals surface area (Å²) >= 11 is 0. The lowest BCUT2D eigenvalue weighted by molar-refractivity contribution is -0.141. The Hall–Kier alpha value is -1.51. The van der Waals surface area contributed by atoms with Crippen molar-refractivity contribution in [2.75, 3.05) is 5.32 Å². The second kappa shape index (κ2) is 5.21. The zero-order valence-corrected chi connectivity index (χ0v) is 11.0. The molecule has 1 unspecified atom stereocenters. The summed E-state index contributed by atoms with van der Waals surface area (Å²) in [5, 5.41) is 12.4. The van der Waals surface area contributed by atoms with E-state index in [0.717, 1.165) is 23.2 Å². The second-order valence-corrected chi connectivity index (χ2v) is 4.89. The predicted octanol–water partition coefficient (Wildman–Crippen LogP) is 3.36. The molecule has 0 radical (unpaired) electrons. The van der Waals surface area contributed by atoms with Gasteiger partial charge in [0.15, 0.2) is 0 Å². The van der Waals surface area contributed by atoms with Crippen LogP contribution >= 0.6 is 0 Å². The van der Waals surface area contributed by atoms with Gasteiger partial charge in [-0.25, -0.2) is 4.79 Å². The average molecular weight is 235 g/mol. The van der Waals surface area contributed by atoms with Crippen LogP contribution in [0.25, 0.3) is 0 Å². The van der Waals surface area contributed by atoms with Crippen molar-refractivity contribution in [1.82, 2.24) is 0 Å². The number of aryl methyl sites for hydroxylation is 2. The molecule has 0 saturated carbocycles. The fraction of sp³-hybridized carbons (Fsp3) is 0.500. The van der Waals surface area contributed by atoms with E-state index < -0.39 is 11.5 Å². The topological polar surface area (TPSA) is 49.3 Å². The van der Waals surface area contributed by atoms with E-state index in [0.29, 0.717) is 6.42 Å². The molecule has 0 aliphatic heterocycles. The minimum atomic E-state index is -0.894. The van der Waals surface area contributed by atoms with Crippen molar-refractivity contribution < 1.29 is 9.90 Å². The molecule has 0 spiro atoms. The van der Waals surface area contributed by atoms with E-state index in [9.17, 15) is 9.90 Å². The molecule has 0 saturated heterocycles. The van der Waals surface area contributed by atoms with Crippen molar-refractivity contribution in [3.8, 4) is 0 Å². The molecule has 0 aromatic heterocycles. The molecule has 3 nitrogen and oxygen atoms in total. The van der Waals surface area contributed by atoms with Crippen molar-refractivity contribution in [1.29, 1.82) is 0 Å². The summed E-state index contributed by atoms with van der Waals surface area (Å²) in [6, 6.07) is 6.02. The van der Waals surface area contributed by atoms with Gasteiger partial charge in [-0.05, 0) is 50.5 Å². The maximum atomic E-state index is 11.3. The largest absolute Gasteiger partial charge is 0.480 e. The van der Waals surface area contributed by atoms with E-state index in [-0.39, 0.29) is 0 Å². The van der Waals surface area contributed by atoms with Crippen molar-refractivity contribution in [3.05, 3.63) is 29.3 Å². The van der Waals surface area contributed by atoms with Crippen LogP contribution in [0, 0.1) is 13.8 Å². The van der Waals surface area contributed by atoms with Gasteiger partial charge in [0.1, 0.15) is 5.54 Å². The van der Waals surface area contributed by atoms with Gasteiger partial charge in [-0.15, -0.1) is 0 Å². The Balaban J connectivity index is 2.97. The van der Waals surface area contributed by atoms with E-state index in [4.69, 9.17) is 0 Å². The predicted molar refractivity (Wildman–Crippen MR) is 70.5 cm³/mol. The Kier molecular flexibility index (Phi) is 4.16. The number of rotatable bonds is 5. The first kappa shape index (κ1) is 13.6. The van der Waals surface area contributed by atoms with Gasteiger partial charge in [0.25, 0.3) is 0 Å². The molecule has 1 atom stereocenters. The number of carboxylic acid groups (broad SMARTS) is 1. The van der Waals surface area contributed by atoms with E-state index in [1.807, 2.05) is 32.9 Å². The fourth-order valence-corrected chi connectivity index (χ4v) is 2.09. The number of hydrogen-bond donors (Lipinski definition) is 2. The van der Waals surface area contributed by atoms with Gasteiger partial charge in [0.2, 0.25) is 0 Å². The number of carbonyl (C=O) groups is 1. The smallest absolute Gasteiger partial charge is 0.329 e. The van der Waals surface area contributed by atoms with Crippen molar-refractivity contribution in [2.45, 2.75) is 46.1 Å². The number of benzene rings is 1. The molecular weight excluding hydrogens is 214 g/mol. The van der Waals surface area contributed by atoms with Crippen LogP contribution in [0.1, 0.15) is 37.8 Å². The zero-order chi connectivity index (χ0) is 13.1. The van der Waals surface area contributed by atoms with Crippen molar-refractivity contribution in [3.63, 3.8) is 0 Å². The Morgan fingerprint density at radius 2 is 1.82 bits per heavy atom. The van der Waals surface area contributed by atoms with Gasteiger partial charge in [0.05, 0.1) is 0 Å². The second-order valence-electron chi connectivity index (χ2n) is 4.89. The monoisotopic (exact) mass is 235 g/mol. The van der Waals surface area contributed by atoms with Gasteiger partial charge in [0, 0.05) is 5.69 Å². The maximum Gasteiger partial charge on any atom is 0.329 e. The number of anilines is 1. The summed E-state index contributed by atoms with van der Waals surface area (Å²) in [5.41, 5.74) is 2.25. The molecule has 0 amide bonds. The van der Waals surface area contributed by atoms with Crippen LogP contribution < -0.4 is 5.32 Å². The normalized spacial score (nSPS) is 14.1. The van der Waals surface area contributed by atoms with Crippen molar-refractivity contribution in [2.24, 2.45) is 0 Å². The lowest BCUT2D eigenvalue weighted by atomic mass is 9.95. The number of carboxylic acids is 1. The first-order valence-electron chi connectivity index (χ1n) is 5.97. The Morgan fingerprint density at radius 3 is 2.24 bits per heavy atom. The molecule has 94 valence electrons. The van der Waals surface area contributed by atoms with Crippen LogP contribution in [0.15, 0.2) is 18.2 Å². The van der Waals surface area contributed by atoms with Gasteiger partial charge in [-0.1, -0.05) is 19.4 Å². The maximum absolute atomic E-state index is 11.3. The third-order valence-electron chi connectivity index (χ3n) is 2.86. The third-order valence-corrected chi connectivity index (χ3v) is 2.86. The summed E-state index contributed by atoms with van der Waals surface area (Å²) in [6.07, 6.45) is 1.44. The van der Waals surface area contributed by atoms with E-state index in [1.54, 1.807) is 6.92 Å². The molecule has 3 heteroatoms. The number of nitrogens with one attached hydrogen (secondary N) is 1. The summed E-state index contributed by atoms with van der Waals surface area (Å²) in [6.45, 7) is 7.74. The quantitative estimate of drug-likeness (QED) is 0.822. The van der Waals surface area contributed by atoms with E-state index in [2.05, 4.69) is 11.4 Å². The molecule has 17 heavy (non-hydrogen) atoms.